The van der Waals surface area contributed by atoms with Crippen LogP contribution in [-0.4, -0.2) is 16.9 Å². The van der Waals surface area contributed by atoms with Gasteiger partial charge in [0.2, 0.25) is 4.84 Å². The molecule has 0 amide bonds. The summed E-state index contributed by atoms with van der Waals surface area (Å²) in [5.41, 5.74) is 2.43. The lowest BCUT2D eigenvalue weighted by molar-refractivity contribution is -0.149. The largest absolute Gasteiger partial charge is 0.460 e. The maximum atomic E-state index is 11.7. The first-order valence-corrected chi connectivity index (χ1v) is 10.9. The van der Waals surface area contributed by atoms with Crippen molar-refractivity contribution in [2.45, 2.75) is 82.6 Å². The van der Waals surface area contributed by atoms with Crippen molar-refractivity contribution < 1.29 is 9.53 Å². The van der Waals surface area contributed by atoms with Crippen LogP contribution in [0, 0.1) is 28.6 Å². The van der Waals surface area contributed by atoms with E-state index in [1.54, 1.807) is 0 Å². The third-order valence-corrected chi connectivity index (χ3v) is 8.66. The van der Waals surface area contributed by atoms with Crippen molar-refractivity contribution in [1.82, 2.24) is 0 Å². The predicted molar refractivity (Wildman–Crippen MR) is 102 cm³/mol. The number of carbonyl (C=O) groups is 1. The second kappa shape index (κ2) is 6.44. The van der Waals surface area contributed by atoms with Crippen molar-refractivity contribution in [1.29, 1.82) is 0 Å². The maximum absolute atomic E-state index is 11.7. The lowest BCUT2D eigenvalue weighted by Crippen LogP contribution is -2.49. The lowest BCUT2D eigenvalue weighted by Gasteiger charge is -2.57. The molecule has 0 heterocycles. The first-order chi connectivity index (χ1) is 11.8. The van der Waals surface area contributed by atoms with Crippen molar-refractivity contribution in [3.05, 3.63) is 11.6 Å². The van der Waals surface area contributed by atoms with Crippen molar-refractivity contribution in [2.75, 3.05) is 0 Å². The molecule has 2 nitrogen and oxygen atoms in total. The molecular weight excluding hydrogens is 355 g/mol. The highest BCUT2D eigenvalue weighted by atomic mass is 35.5. The van der Waals surface area contributed by atoms with Crippen molar-refractivity contribution in [3.63, 3.8) is 0 Å². The number of halogens is 2. The third kappa shape index (κ3) is 2.96. The molecule has 0 aliphatic heterocycles. The summed E-state index contributed by atoms with van der Waals surface area (Å²) < 4.78 is 5.52. The Morgan fingerprint density at radius 3 is 2.72 bits per heavy atom. The third-order valence-electron chi connectivity index (χ3n) is 8.30. The number of esters is 1. The molecule has 0 aromatic rings. The highest BCUT2D eigenvalue weighted by molar-refractivity contribution is 6.52. The van der Waals surface area contributed by atoms with Gasteiger partial charge in [-0.2, -0.15) is 0 Å². The van der Waals surface area contributed by atoms with Gasteiger partial charge in [-0.05, 0) is 73.5 Å². The Balaban J connectivity index is 1.52. The standard InChI is InChI=1S/C21H30Cl2O2/c1-20-9-3-4-16(20)15-6-5-13-12-14(25-19(24)18(22)23)7-11-21(13,2)17(15)8-10-20/h5,14-18H,3-4,6-12H2,1-2H3. The fourth-order valence-electron chi connectivity index (χ4n) is 6.94. The summed E-state index contributed by atoms with van der Waals surface area (Å²) in [4.78, 5) is 10.7. The molecule has 0 aromatic heterocycles. The van der Waals surface area contributed by atoms with E-state index in [0.717, 1.165) is 37.0 Å². The molecule has 25 heavy (non-hydrogen) atoms. The summed E-state index contributed by atoms with van der Waals surface area (Å²) in [6.45, 7) is 5.03. The predicted octanol–water partition coefficient (Wildman–Crippen LogP) is 6.05. The van der Waals surface area contributed by atoms with Crippen LogP contribution >= 0.6 is 23.2 Å². The monoisotopic (exact) mass is 384 g/mol. The number of hydrogen-bond acceptors (Lipinski definition) is 2. The SMILES string of the molecule is CC12CCCC1C1CC=C3CC(OC(=O)C(Cl)Cl)CCC3(C)C1CC2. The molecule has 3 fully saturated rings. The minimum atomic E-state index is -1.07. The molecule has 4 aliphatic rings. The topological polar surface area (TPSA) is 26.3 Å². The molecule has 4 aliphatic carbocycles. The molecule has 4 rings (SSSR count). The van der Waals surface area contributed by atoms with Crippen LogP contribution < -0.4 is 0 Å². The lowest BCUT2D eigenvalue weighted by atomic mass is 9.48. The Kier molecular flexibility index (Phi) is 4.68. The van der Waals surface area contributed by atoms with Gasteiger partial charge in [0.15, 0.2) is 0 Å². The van der Waals surface area contributed by atoms with E-state index < -0.39 is 10.8 Å². The number of carbonyl (C=O) groups excluding carboxylic acids is 1. The summed E-state index contributed by atoms with van der Waals surface area (Å²) in [6, 6.07) is 0. The highest BCUT2D eigenvalue weighted by Gasteiger charge is 2.55. The van der Waals surface area contributed by atoms with Crippen molar-refractivity contribution >= 4 is 29.2 Å². The Bertz CT molecular complexity index is 586. The van der Waals surface area contributed by atoms with E-state index in [1.807, 2.05) is 0 Å². The van der Waals surface area contributed by atoms with E-state index in [9.17, 15) is 4.79 Å². The molecule has 140 valence electrons. The second-order valence-electron chi connectivity index (χ2n) is 9.45. The molecule has 3 saturated carbocycles. The zero-order valence-corrected chi connectivity index (χ0v) is 16.9. The zero-order chi connectivity index (χ0) is 17.8. The van der Waals surface area contributed by atoms with Crippen LogP contribution in [0.2, 0.25) is 0 Å². The van der Waals surface area contributed by atoms with Gasteiger partial charge >= 0.3 is 5.97 Å². The van der Waals surface area contributed by atoms with Crippen LogP contribution in [0.1, 0.15) is 71.6 Å². The molecule has 0 bridgehead atoms. The normalized spacial score (nSPS) is 46.0. The molecule has 0 N–H and O–H groups in total. The van der Waals surface area contributed by atoms with E-state index >= 15 is 0 Å². The number of alkyl halides is 2. The van der Waals surface area contributed by atoms with Crippen LogP contribution in [0.4, 0.5) is 0 Å². The zero-order valence-electron chi connectivity index (χ0n) is 15.4. The van der Waals surface area contributed by atoms with Crippen LogP contribution in [0.3, 0.4) is 0 Å². The summed E-state index contributed by atoms with van der Waals surface area (Å²) in [5.74, 6) is 2.11. The van der Waals surface area contributed by atoms with Gasteiger partial charge in [-0.1, -0.05) is 55.1 Å². The van der Waals surface area contributed by atoms with Gasteiger partial charge in [0, 0.05) is 6.42 Å². The average Bonchev–Trinajstić information content (AvgIpc) is 2.96. The van der Waals surface area contributed by atoms with Crippen LogP contribution in [-0.2, 0) is 9.53 Å². The minimum absolute atomic E-state index is 0.0521. The van der Waals surface area contributed by atoms with Gasteiger partial charge in [0.05, 0.1) is 0 Å². The Morgan fingerprint density at radius 1 is 1.16 bits per heavy atom. The van der Waals surface area contributed by atoms with E-state index in [-0.39, 0.29) is 6.10 Å². The molecule has 0 aromatic carbocycles. The fourth-order valence-corrected chi connectivity index (χ4v) is 7.04. The number of fused-ring (bicyclic) bond motifs is 5. The van der Waals surface area contributed by atoms with Gasteiger partial charge in [0.25, 0.3) is 0 Å². The van der Waals surface area contributed by atoms with Crippen LogP contribution in [0.15, 0.2) is 11.6 Å². The molecule has 6 unspecified atom stereocenters. The Hall–Kier alpha value is -0.210. The number of rotatable bonds is 2. The molecule has 0 spiro atoms. The number of hydrogen-bond donors (Lipinski definition) is 0. The second-order valence-corrected chi connectivity index (χ2v) is 10.5. The van der Waals surface area contributed by atoms with Gasteiger partial charge in [-0.15, -0.1) is 0 Å². The first kappa shape index (κ1) is 18.2. The summed E-state index contributed by atoms with van der Waals surface area (Å²) in [7, 11) is 0. The molecule has 0 saturated heterocycles. The van der Waals surface area contributed by atoms with Crippen molar-refractivity contribution in [2.24, 2.45) is 28.6 Å². The van der Waals surface area contributed by atoms with E-state index in [2.05, 4.69) is 19.9 Å². The van der Waals surface area contributed by atoms with Crippen LogP contribution in [0.5, 0.6) is 0 Å². The average molecular weight is 385 g/mol. The van der Waals surface area contributed by atoms with Crippen molar-refractivity contribution in [3.8, 4) is 0 Å². The molecular formula is C21H30Cl2O2. The fraction of sp³-hybridized carbons (Fsp3) is 0.857. The smallest absolute Gasteiger partial charge is 0.339 e. The minimum Gasteiger partial charge on any atom is -0.460 e. The quantitative estimate of drug-likeness (QED) is 0.328. The molecule has 0 radical (unpaired) electrons. The maximum Gasteiger partial charge on any atom is 0.339 e. The van der Waals surface area contributed by atoms with E-state index in [4.69, 9.17) is 27.9 Å². The number of allylic oxidation sites excluding steroid dienone is 1. The van der Waals surface area contributed by atoms with Crippen LogP contribution in [0.25, 0.3) is 0 Å². The van der Waals surface area contributed by atoms with Gasteiger partial charge < -0.3 is 4.74 Å². The first-order valence-electron chi connectivity index (χ1n) is 10.0. The Morgan fingerprint density at radius 2 is 1.96 bits per heavy atom. The van der Waals surface area contributed by atoms with E-state index in [0.29, 0.717) is 10.8 Å². The Labute approximate surface area is 161 Å². The summed E-state index contributed by atoms with van der Waals surface area (Å²) in [6.07, 6.45) is 13.7. The highest BCUT2D eigenvalue weighted by Crippen LogP contribution is 2.64. The van der Waals surface area contributed by atoms with E-state index in [1.165, 1.54) is 44.1 Å². The van der Waals surface area contributed by atoms with Gasteiger partial charge in [0.1, 0.15) is 6.10 Å². The molecule has 4 heteroatoms. The number of ether oxygens (including phenoxy) is 1. The van der Waals surface area contributed by atoms with Gasteiger partial charge in [-0.25, -0.2) is 4.79 Å². The molecule has 6 atom stereocenters. The summed E-state index contributed by atoms with van der Waals surface area (Å²) >= 11 is 11.3. The summed E-state index contributed by atoms with van der Waals surface area (Å²) in [5, 5.41) is 0. The van der Waals surface area contributed by atoms with Gasteiger partial charge in [-0.3, -0.25) is 0 Å².